The first kappa shape index (κ1) is 27.6. The Bertz CT molecular complexity index is 1230. The van der Waals surface area contributed by atoms with Gasteiger partial charge in [-0.2, -0.15) is 9.97 Å². The number of halogens is 3. The van der Waals surface area contributed by atoms with E-state index in [-0.39, 0.29) is 18.5 Å². The van der Waals surface area contributed by atoms with Crippen molar-refractivity contribution in [3.8, 4) is 5.82 Å². The van der Waals surface area contributed by atoms with Crippen LogP contribution in [0.25, 0.3) is 16.9 Å². The van der Waals surface area contributed by atoms with Gasteiger partial charge in [0.15, 0.2) is 5.82 Å². The largest absolute Gasteiger partial charge is 0.378 e. The van der Waals surface area contributed by atoms with Gasteiger partial charge in [0.05, 0.1) is 24.2 Å². The van der Waals surface area contributed by atoms with Crippen LogP contribution < -0.4 is 10.2 Å². The van der Waals surface area contributed by atoms with Crippen LogP contribution >= 0.6 is 0 Å². The summed E-state index contributed by atoms with van der Waals surface area (Å²) in [5.41, 5.74) is 1.07. The fourth-order valence-electron chi connectivity index (χ4n) is 5.94. The van der Waals surface area contributed by atoms with Crippen molar-refractivity contribution in [2.75, 3.05) is 56.3 Å². The summed E-state index contributed by atoms with van der Waals surface area (Å²) in [4.78, 5) is 18.0. The molecule has 0 bridgehead atoms. The highest BCUT2D eigenvalue weighted by Crippen LogP contribution is 2.31. The lowest BCUT2D eigenvalue weighted by molar-refractivity contribution is 0.0918. The van der Waals surface area contributed by atoms with E-state index in [2.05, 4.69) is 27.0 Å². The first-order chi connectivity index (χ1) is 19.0. The van der Waals surface area contributed by atoms with Gasteiger partial charge in [-0.25, -0.2) is 18.2 Å². The fraction of sp³-hybridized carbons (Fsp3) is 0.607. The van der Waals surface area contributed by atoms with Crippen LogP contribution in [0.3, 0.4) is 0 Å². The summed E-state index contributed by atoms with van der Waals surface area (Å²) in [6.07, 6.45) is 1.37. The highest BCUT2D eigenvalue weighted by molar-refractivity contribution is 5.78. The first-order valence-corrected chi connectivity index (χ1v) is 14.0. The third kappa shape index (κ3) is 6.14. The molecule has 0 radical (unpaired) electrons. The number of hydrogen-bond acceptors (Lipinski definition) is 7. The molecule has 1 N–H and O–H groups in total. The minimum absolute atomic E-state index is 0.0539. The van der Waals surface area contributed by atoms with E-state index < -0.39 is 6.43 Å². The average molecular weight is 546 g/mol. The van der Waals surface area contributed by atoms with E-state index >= 15 is 0 Å². The Morgan fingerprint density at radius 1 is 1.05 bits per heavy atom. The number of benzene rings is 1. The first-order valence-electron chi connectivity index (χ1n) is 14.0. The maximum absolute atomic E-state index is 14.1. The second-order valence-electron chi connectivity index (χ2n) is 10.5. The van der Waals surface area contributed by atoms with Crippen molar-refractivity contribution in [1.82, 2.24) is 24.4 Å². The van der Waals surface area contributed by atoms with Crippen molar-refractivity contribution in [2.24, 2.45) is 5.92 Å². The Morgan fingerprint density at radius 2 is 1.77 bits per heavy atom. The van der Waals surface area contributed by atoms with Crippen molar-refractivity contribution < 1.29 is 17.9 Å². The highest BCUT2D eigenvalue weighted by atomic mass is 19.3. The summed E-state index contributed by atoms with van der Waals surface area (Å²) < 4.78 is 48.4. The summed E-state index contributed by atoms with van der Waals surface area (Å²) in [6, 6.07) is 9.21. The van der Waals surface area contributed by atoms with E-state index in [1.165, 1.54) is 4.57 Å². The number of nitrogens with zero attached hydrogens (tertiary/aromatic N) is 6. The molecule has 1 saturated heterocycles. The number of ether oxygens (including phenoxy) is 1. The minimum Gasteiger partial charge on any atom is -0.378 e. The predicted octanol–water partition coefficient (Wildman–Crippen LogP) is 5.24. The molecule has 11 heteroatoms. The number of morpholine rings is 1. The molecule has 3 aromatic rings. The number of hydrogen-bond donors (Lipinski definition) is 1. The molecular formula is C28H38F3N7O. The van der Waals surface area contributed by atoms with Crippen LogP contribution in [0, 0.1) is 5.92 Å². The Hall–Kier alpha value is -2.92. The quantitative estimate of drug-likeness (QED) is 0.374. The molecule has 0 spiro atoms. The molecule has 1 aromatic carbocycles. The molecule has 8 nitrogen and oxygen atoms in total. The van der Waals surface area contributed by atoms with E-state index in [1.54, 1.807) is 24.3 Å². The van der Waals surface area contributed by atoms with Gasteiger partial charge < -0.3 is 15.0 Å². The van der Waals surface area contributed by atoms with Gasteiger partial charge in [0.1, 0.15) is 18.3 Å². The molecule has 3 heterocycles. The number of nitrogens with one attached hydrogen (secondary N) is 1. The molecule has 1 unspecified atom stereocenters. The molecule has 212 valence electrons. The number of imidazole rings is 1. The normalized spacial score (nSPS) is 21.2. The maximum Gasteiger partial charge on any atom is 0.296 e. The van der Waals surface area contributed by atoms with Gasteiger partial charge in [0, 0.05) is 37.8 Å². The van der Waals surface area contributed by atoms with Crippen LogP contribution in [0.1, 0.15) is 51.8 Å². The topological polar surface area (TPSA) is 71.3 Å². The Kier molecular flexibility index (Phi) is 8.86. The van der Waals surface area contributed by atoms with E-state index in [9.17, 15) is 13.2 Å². The van der Waals surface area contributed by atoms with Gasteiger partial charge in [0.2, 0.25) is 5.95 Å². The number of para-hydroxylation sites is 2. The zero-order valence-corrected chi connectivity index (χ0v) is 22.7. The molecule has 39 heavy (non-hydrogen) atoms. The second-order valence-corrected chi connectivity index (χ2v) is 10.5. The molecule has 2 aliphatic rings. The van der Waals surface area contributed by atoms with Crippen LogP contribution in [-0.4, -0.2) is 82.6 Å². The molecule has 0 amide bonds. The van der Waals surface area contributed by atoms with E-state index in [1.807, 2.05) is 13.0 Å². The molecule has 1 aliphatic carbocycles. The summed E-state index contributed by atoms with van der Waals surface area (Å²) in [6.45, 7) is 7.76. The van der Waals surface area contributed by atoms with Crippen LogP contribution in [0.4, 0.5) is 24.9 Å². The summed E-state index contributed by atoms with van der Waals surface area (Å²) in [5.74, 6) is 1.54. The van der Waals surface area contributed by atoms with Gasteiger partial charge in [-0.1, -0.05) is 19.1 Å². The third-order valence-electron chi connectivity index (χ3n) is 8.03. The monoisotopic (exact) mass is 545 g/mol. The Balaban J connectivity index is 1.38. The van der Waals surface area contributed by atoms with E-state index in [0.29, 0.717) is 73.4 Å². The zero-order chi connectivity index (χ0) is 27.4. The van der Waals surface area contributed by atoms with Crippen LogP contribution in [0.15, 0.2) is 30.3 Å². The van der Waals surface area contributed by atoms with Crippen molar-refractivity contribution in [1.29, 1.82) is 0 Å². The number of fused-ring (bicyclic) bond motifs is 1. The van der Waals surface area contributed by atoms with E-state index in [0.717, 1.165) is 32.2 Å². The third-order valence-corrected chi connectivity index (χ3v) is 8.03. The fourth-order valence-corrected chi connectivity index (χ4v) is 5.94. The number of aromatic nitrogens is 4. The molecule has 1 aliphatic heterocycles. The van der Waals surface area contributed by atoms with Gasteiger partial charge >= 0.3 is 0 Å². The van der Waals surface area contributed by atoms with Crippen molar-refractivity contribution in [2.45, 2.75) is 58.0 Å². The lowest BCUT2D eigenvalue weighted by Gasteiger charge is -2.39. The molecule has 2 aromatic heterocycles. The number of anilines is 2. The molecule has 1 saturated carbocycles. The van der Waals surface area contributed by atoms with Gasteiger partial charge in [-0.05, 0) is 57.2 Å². The molecule has 1 atom stereocenters. The lowest BCUT2D eigenvalue weighted by atomic mass is 9.85. The predicted molar refractivity (Wildman–Crippen MR) is 147 cm³/mol. The van der Waals surface area contributed by atoms with Crippen LogP contribution in [0.2, 0.25) is 0 Å². The number of alkyl halides is 3. The second kappa shape index (κ2) is 12.5. The highest BCUT2D eigenvalue weighted by Gasteiger charge is 2.28. The maximum atomic E-state index is 14.1. The van der Waals surface area contributed by atoms with Crippen molar-refractivity contribution in [3.63, 3.8) is 0 Å². The summed E-state index contributed by atoms with van der Waals surface area (Å²) >= 11 is 0. The van der Waals surface area contributed by atoms with Gasteiger partial charge in [-0.15, -0.1) is 0 Å². The van der Waals surface area contributed by atoms with E-state index in [4.69, 9.17) is 14.7 Å². The molecule has 5 rings (SSSR count). The molecule has 2 fully saturated rings. The summed E-state index contributed by atoms with van der Waals surface area (Å²) in [5, 5.41) is 3.41. The van der Waals surface area contributed by atoms with Gasteiger partial charge in [0.25, 0.3) is 6.43 Å². The van der Waals surface area contributed by atoms with Crippen LogP contribution in [-0.2, 0) is 4.74 Å². The van der Waals surface area contributed by atoms with Crippen LogP contribution in [0.5, 0.6) is 0 Å². The minimum atomic E-state index is -2.76. The standard InChI is InChI=1S/C28H38F3N7O/c1-3-37(19(2)17-29)21-10-8-20(9-11-21)18-32-28-34-24(36-12-14-39-15-13-36)16-25(35-28)38-23-7-5-4-6-22(23)33-27(38)26(30)31/h4-7,16,19-21,26H,3,8-15,17-18H2,1-2H3,(H,32,34,35). The smallest absolute Gasteiger partial charge is 0.296 e. The number of rotatable bonds is 10. The Labute approximate surface area is 227 Å². The Morgan fingerprint density at radius 3 is 2.46 bits per heavy atom. The average Bonchev–Trinajstić information content (AvgIpc) is 3.37. The van der Waals surface area contributed by atoms with Crippen molar-refractivity contribution in [3.05, 3.63) is 36.2 Å². The lowest BCUT2D eigenvalue weighted by Crippen LogP contribution is -2.45. The zero-order valence-electron chi connectivity index (χ0n) is 22.7. The molecular weight excluding hydrogens is 507 g/mol. The van der Waals surface area contributed by atoms with Crippen molar-refractivity contribution >= 4 is 22.8 Å². The summed E-state index contributed by atoms with van der Waals surface area (Å²) in [7, 11) is 0. The SMILES string of the molecule is CCN(C(C)CF)C1CCC(CNc2nc(N3CCOCC3)cc(-n3c(C(F)F)nc4ccccc43)n2)CC1. The van der Waals surface area contributed by atoms with Gasteiger partial charge in [-0.3, -0.25) is 9.47 Å².